The summed E-state index contributed by atoms with van der Waals surface area (Å²) < 4.78 is 29.8. The number of rotatable bonds is 7. The number of nitrogens with two attached hydrogens (primary N) is 1. The van der Waals surface area contributed by atoms with Crippen LogP contribution in [0.4, 0.5) is 0 Å². The van der Waals surface area contributed by atoms with Crippen LogP contribution in [0.15, 0.2) is 12.1 Å². The predicted octanol–water partition coefficient (Wildman–Crippen LogP) is 1.82. The summed E-state index contributed by atoms with van der Waals surface area (Å²) in [4.78, 5) is 12.2. The smallest absolute Gasteiger partial charge is 0.491 e. The summed E-state index contributed by atoms with van der Waals surface area (Å²) in [5.74, 6) is 5.49. The van der Waals surface area contributed by atoms with Crippen LogP contribution >= 0.6 is 0 Å². The molecule has 0 bridgehead atoms. The van der Waals surface area contributed by atoms with E-state index in [0.717, 1.165) is 31.3 Å². The van der Waals surface area contributed by atoms with E-state index in [9.17, 15) is 4.79 Å². The van der Waals surface area contributed by atoms with Crippen molar-refractivity contribution in [2.24, 2.45) is 5.84 Å². The molecule has 0 saturated carbocycles. The van der Waals surface area contributed by atoms with Crippen molar-refractivity contribution in [3.8, 4) is 5.75 Å². The summed E-state index contributed by atoms with van der Waals surface area (Å²) in [7, 11) is -0.610. The zero-order chi connectivity index (χ0) is 21.9. The number of hydrogen-bond acceptors (Lipinski definition) is 7. The van der Waals surface area contributed by atoms with E-state index in [0.29, 0.717) is 30.1 Å². The highest BCUT2D eigenvalue weighted by atomic mass is 16.7. The molecule has 1 amide bonds. The van der Waals surface area contributed by atoms with Crippen molar-refractivity contribution in [2.45, 2.75) is 71.4 Å². The van der Waals surface area contributed by atoms with Crippen molar-refractivity contribution < 1.29 is 28.3 Å². The van der Waals surface area contributed by atoms with Gasteiger partial charge in [-0.25, -0.2) is 5.84 Å². The van der Waals surface area contributed by atoms with Gasteiger partial charge >= 0.3 is 7.12 Å². The predicted molar refractivity (Wildman–Crippen MR) is 114 cm³/mol. The second kappa shape index (κ2) is 9.24. The van der Waals surface area contributed by atoms with Crippen LogP contribution < -0.4 is 21.5 Å². The molecule has 2 aliphatic rings. The molecular formula is C21H33BN2O6. The van der Waals surface area contributed by atoms with Gasteiger partial charge in [0.05, 0.1) is 17.8 Å². The molecule has 1 atom stereocenters. The van der Waals surface area contributed by atoms with Gasteiger partial charge in [0, 0.05) is 23.2 Å². The topological polar surface area (TPSA) is 101 Å². The summed E-state index contributed by atoms with van der Waals surface area (Å²) in [5, 5.41) is 0. The Labute approximate surface area is 178 Å². The van der Waals surface area contributed by atoms with Gasteiger partial charge in [-0.05, 0) is 59.9 Å². The van der Waals surface area contributed by atoms with Crippen molar-refractivity contribution >= 4 is 18.5 Å². The lowest BCUT2D eigenvalue weighted by Gasteiger charge is -2.32. The van der Waals surface area contributed by atoms with Gasteiger partial charge in [0.15, 0.2) is 6.29 Å². The highest BCUT2D eigenvalue weighted by molar-refractivity contribution is 6.63. The third kappa shape index (κ3) is 4.81. The molecule has 30 heavy (non-hydrogen) atoms. The zero-order valence-electron chi connectivity index (χ0n) is 18.6. The van der Waals surface area contributed by atoms with Crippen LogP contribution in [0.3, 0.4) is 0 Å². The Morgan fingerprint density at radius 3 is 2.50 bits per heavy atom. The Morgan fingerprint density at radius 1 is 1.20 bits per heavy atom. The molecule has 2 aliphatic heterocycles. The van der Waals surface area contributed by atoms with E-state index in [4.69, 9.17) is 29.4 Å². The van der Waals surface area contributed by atoms with Crippen LogP contribution in [0.2, 0.25) is 0 Å². The van der Waals surface area contributed by atoms with Gasteiger partial charge in [-0.15, -0.1) is 0 Å². The second-order valence-electron chi connectivity index (χ2n) is 8.73. The minimum Gasteiger partial charge on any atom is -0.491 e. The lowest BCUT2D eigenvalue weighted by Crippen LogP contribution is -2.41. The van der Waals surface area contributed by atoms with Crippen molar-refractivity contribution in [1.29, 1.82) is 0 Å². The maximum absolute atomic E-state index is 12.2. The fraction of sp³-hybridized carbons (Fsp3) is 0.667. The van der Waals surface area contributed by atoms with Crippen LogP contribution in [-0.4, -0.2) is 50.3 Å². The lowest BCUT2D eigenvalue weighted by molar-refractivity contribution is -0.165. The largest absolute Gasteiger partial charge is 0.498 e. The van der Waals surface area contributed by atoms with E-state index >= 15 is 0 Å². The quantitative estimate of drug-likeness (QED) is 0.228. The van der Waals surface area contributed by atoms with Crippen LogP contribution in [0.1, 0.15) is 62.9 Å². The Hall–Kier alpha value is -1.65. The van der Waals surface area contributed by atoms with E-state index in [-0.39, 0.29) is 12.2 Å². The number of carbonyl (C=O) groups is 1. The molecule has 0 aromatic heterocycles. The summed E-state index contributed by atoms with van der Waals surface area (Å²) in [6.07, 6.45) is 2.89. The molecule has 2 fully saturated rings. The zero-order valence-corrected chi connectivity index (χ0v) is 18.6. The molecule has 1 aromatic rings. The van der Waals surface area contributed by atoms with E-state index in [1.165, 1.54) is 0 Å². The maximum Gasteiger partial charge on any atom is 0.498 e. The number of nitrogen functional groups attached to an aromatic ring is 1. The number of amides is 1. The summed E-state index contributed by atoms with van der Waals surface area (Å²) >= 11 is 0. The van der Waals surface area contributed by atoms with Gasteiger partial charge in [-0.1, -0.05) is 6.07 Å². The molecule has 2 heterocycles. The van der Waals surface area contributed by atoms with E-state index in [2.05, 4.69) is 5.43 Å². The summed E-state index contributed by atoms with van der Waals surface area (Å²) in [6.45, 7) is 11.2. The average Bonchev–Trinajstić information content (AvgIpc) is 2.93. The van der Waals surface area contributed by atoms with Crippen LogP contribution in [0, 0.1) is 6.92 Å². The van der Waals surface area contributed by atoms with Gasteiger partial charge in [0.2, 0.25) is 0 Å². The molecule has 8 nitrogen and oxygen atoms in total. The molecule has 0 spiro atoms. The number of benzene rings is 1. The number of hydrazine groups is 1. The Morgan fingerprint density at radius 2 is 1.90 bits per heavy atom. The van der Waals surface area contributed by atoms with E-state index in [1.54, 1.807) is 12.1 Å². The Kier molecular flexibility index (Phi) is 7.09. The number of hydrogen-bond donors (Lipinski definition) is 2. The fourth-order valence-corrected chi connectivity index (χ4v) is 3.55. The average molecular weight is 420 g/mol. The van der Waals surface area contributed by atoms with Gasteiger partial charge in [-0.3, -0.25) is 10.2 Å². The molecule has 2 saturated heterocycles. The molecule has 0 aliphatic carbocycles. The lowest BCUT2D eigenvalue weighted by atomic mass is 9.76. The van der Waals surface area contributed by atoms with Crippen LogP contribution in [0.25, 0.3) is 0 Å². The van der Waals surface area contributed by atoms with E-state index in [1.807, 2.05) is 34.6 Å². The number of nitrogens with one attached hydrogen (secondary N) is 1. The highest BCUT2D eigenvalue weighted by Gasteiger charge is 2.52. The first-order valence-corrected chi connectivity index (χ1v) is 10.5. The monoisotopic (exact) mass is 420 g/mol. The van der Waals surface area contributed by atoms with Crippen molar-refractivity contribution in [1.82, 2.24) is 5.43 Å². The molecule has 3 N–H and O–H groups in total. The standard InChI is InChI=1S/C21H33BN2O6/c1-14-15(19(25)24-23)9-10-16(22-29-20(2,3)21(4,5)30-22)18(14)28-13-12-27-17-8-6-7-11-26-17/h9-10,17H,6-8,11-13,23H2,1-5H3,(H,24,25). The van der Waals surface area contributed by atoms with Crippen molar-refractivity contribution in [2.75, 3.05) is 19.8 Å². The first-order valence-electron chi connectivity index (χ1n) is 10.5. The summed E-state index contributed by atoms with van der Waals surface area (Å²) in [5.41, 5.74) is 3.03. The molecule has 1 aromatic carbocycles. The Balaban J connectivity index is 1.78. The first-order chi connectivity index (χ1) is 14.2. The third-order valence-corrected chi connectivity index (χ3v) is 6.09. The number of carbonyl (C=O) groups excluding carboxylic acids is 1. The highest BCUT2D eigenvalue weighted by Crippen LogP contribution is 2.37. The maximum atomic E-state index is 12.2. The van der Waals surface area contributed by atoms with E-state index < -0.39 is 18.3 Å². The number of ether oxygens (including phenoxy) is 3. The molecule has 0 radical (unpaired) electrons. The normalized spacial score (nSPS) is 22.7. The van der Waals surface area contributed by atoms with Gasteiger partial charge < -0.3 is 23.5 Å². The van der Waals surface area contributed by atoms with Crippen molar-refractivity contribution in [3.63, 3.8) is 0 Å². The SMILES string of the molecule is Cc1c(C(=O)NN)ccc(B2OC(C)(C)C(C)(C)O2)c1OCCOC1CCCCO1. The van der Waals surface area contributed by atoms with Gasteiger partial charge in [-0.2, -0.15) is 0 Å². The second-order valence-corrected chi connectivity index (χ2v) is 8.73. The third-order valence-electron chi connectivity index (χ3n) is 6.09. The molecular weight excluding hydrogens is 387 g/mol. The molecule has 166 valence electrons. The fourth-order valence-electron chi connectivity index (χ4n) is 3.55. The molecule has 9 heteroatoms. The molecule has 1 unspecified atom stereocenters. The van der Waals surface area contributed by atoms with Crippen molar-refractivity contribution in [3.05, 3.63) is 23.3 Å². The Bertz CT molecular complexity index is 748. The van der Waals surface area contributed by atoms with Gasteiger partial charge in [0.1, 0.15) is 12.4 Å². The van der Waals surface area contributed by atoms with Crippen LogP contribution in [-0.2, 0) is 18.8 Å². The minimum atomic E-state index is -0.610. The van der Waals surface area contributed by atoms with Gasteiger partial charge in [0.25, 0.3) is 5.91 Å². The summed E-state index contributed by atoms with van der Waals surface area (Å²) in [6, 6.07) is 3.50. The first kappa shape index (κ1) is 23.0. The van der Waals surface area contributed by atoms with Crippen LogP contribution in [0.5, 0.6) is 5.75 Å². The minimum absolute atomic E-state index is 0.180. The molecule has 3 rings (SSSR count).